The van der Waals surface area contributed by atoms with Gasteiger partial charge in [0.05, 0.1) is 0 Å². The number of halogens is 1. The molecule has 0 aromatic heterocycles. The molecule has 2 nitrogen and oxygen atoms in total. The molecule has 0 spiro atoms. The highest BCUT2D eigenvalue weighted by Crippen LogP contribution is 2.23. The second kappa shape index (κ2) is 5.31. The maximum atomic E-state index is 10.9. The van der Waals surface area contributed by atoms with E-state index in [1.165, 1.54) is 11.3 Å². The number of Topliss-reactive ketones (excluding diaryl/α,β-unsaturated/α-hetero) is 1. The molecular weight excluding hydrogens is 254 g/mol. The van der Waals surface area contributed by atoms with Crippen molar-refractivity contribution in [3.63, 3.8) is 0 Å². The molecule has 82 valence electrons. The molecule has 0 amide bonds. The third-order valence-corrected chi connectivity index (χ3v) is 2.87. The van der Waals surface area contributed by atoms with Gasteiger partial charge in [0.1, 0.15) is 5.78 Å². The predicted octanol–water partition coefficient (Wildman–Crippen LogP) is 3.17. The molecule has 0 aliphatic heterocycles. The van der Waals surface area contributed by atoms with Gasteiger partial charge in [0, 0.05) is 30.2 Å². The summed E-state index contributed by atoms with van der Waals surface area (Å²) in [5, 5.41) is 0. The van der Waals surface area contributed by atoms with Gasteiger partial charge in [-0.1, -0.05) is 22.0 Å². The van der Waals surface area contributed by atoms with Crippen LogP contribution in [0.1, 0.15) is 18.9 Å². The van der Waals surface area contributed by atoms with Gasteiger partial charge >= 0.3 is 0 Å². The van der Waals surface area contributed by atoms with E-state index in [-0.39, 0.29) is 5.78 Å². The van der Waals surface area contributed by atoms with Crippen molar-refractivity contribution < 1.29 is 4.79 Å². The first-order valence-corrected chi connectivity index (χ1v) is 5.76. The highest BCUT2D eigenvalue weighted by molar-refractivity contribution is 9.10. The Bertz CT molecular complexity index is 363. The summed E-state index contributed by atoms with van der Waals surface area (Å²) < 4.78 is 1.07. The quantitative estimate of drug-likeness (QED) is 0.837. The minimum Gasteiger partial charge on any atom is -0.374 e. The molecule has 0 aliphatic carbocycles. The van der Waals surface area contributed by atoms with Crippen molar-refractivity contribution in [1.82, 2.24) is 0 Å². The molecule has 0 N–H and O–H groups in total. The third-order valence-electron chi connectivity index (χ3n) is 2.38. The SMILES string of the molecule is CC(=O)CCN(C)c1cc(Br)ccc1C. The molecule has 0 saturated carbocycles. The maximum Gasteiger partial charge on any atom is 0.131 e. The van der Waals surface area contributed by atoms with Crippen LogP contribution in [0.25, 0.3) is 0 Å². The van der Waals surface area contributed by atoms with E-state index in [0.717, 1.165) is 11.0 Å². The van der Waals surface area contributed by atoms with Crippen LogP contribution in [-0.4, -0.2) is 19.4 Å². The number of benzene rings is 1. The number of rotatable bonds is 4. The summed E-state index contributed by atoms with van der Waals surface area (Å²) in [6, 6.07) is 6.18. The Kier molecular flexibility index (Phi) is 4.33. The Balaban J connectivity index is 2.76. The smallest absolute Gasteiger partial charge is 0.131 e. The van der Waals surface area contributed by atoms with E-state index in [2.05, 4.69) is 39.9 Å². The van der Waals surface area contributed by atoms with Gasteiger partial charge in [0.25, 0.3) is 0 Å². The van der Waals surface area contributed by atoms with Crippen LogP contribution in [0, 0.1) is 6.92 Å². The van der Waals surface area contributed by atoms with Crippen LogP contribution in [-0.2, 0) is 4.79 Å². The Labute approximate surface area is 99.4 Å². The van der Waals surface area contributed by atoms with E-state index < -0.39 is 0 Å². The first-order valence-electron chi connectivity index (χ1n) is 4.97. The van der Waals surface area contributed by atoms with Gasteiger partial charge in [0.2, 0.25) is 0 Å². The molecule has 1 aromatic carbocycles. The number of hydrogen-bond donors (Lipinski definition) is 0. The number of ketones is 1. The summed E-state index contributed by atoms with van der Waals surface area (Å²) in [7, 11) is 2.01. The number of nitrogens with zero attached hydrogens (tertiary/aromatic N) is 1. The molecule has 0 heterocycles. The van der Waals surface area contributed by atoms with Gasteiger partial charge in [-0.3, -0.25) is 4.79 Å². The van der Waals surface area contributed by atoms with Gasteiger partial charge in [-0.15, -0.1) is 0 Å². The fraction of sp³-hybridized carbons (Fsp3) is 0.417. The normalized spacial score (nSPS) is 10.1. The fourth-order valence-electron chi connectivity index (χ4n) is 1.44. The van der Waals surface area contributed by atoms with E-state index in [1.54, 1.807) is 6.92 Å². The first-order chi connectivity index (χ1) is 7.00. The van der Waals surface area contributed by atoms with E-state index in [0.29, 0.717) is 6.42 Å². The van der Waals surface area contributed by atoms with Crippen molar-refractivity contribution in [1.29, 1.82) is 0 Å². The zero-order valence-electron chi connectivity index (χ0n) is 9.38. The summed E-state index contributed by atoms with van der Waals surface area (Å²) in [5.74, 6) is 0.231. The molecule has 1 aromatic rings. The molecule has 0 atom stereocenters. The topological polar surface area (TPSA) is 20.3 Å². The van der Waals surface area contributed by atoms with Crippen molar-refractivity contribution >= 4 is 27.4 Å². The number of hydrogen-bond acceptors (Lipinski definition) is 2. The van der Waals surface area contributed by atoms with Crippen molar-refractivity contribution in [2.75, 3.05) is 18.5 Å². The van der Waals surface area contributed by atoms with E-state index >= 15 is 0 Å². The molecule has 3 heteroatoms. The zero-order chi connectivity index (χ0) is 11.4. The summed E-state index contributed by atoms with van der Waals surface area (Å²) in [6.07, 6.45) is 0.600. The van der Waals surface area contributed by atoms with Gasteiger partial charge < -0.3 is 4.90 Å². The molecule has 0 aliphatic rings. The molecule has 0 saturated heterocycles. The van der Waals surface area contributed by atoms with Gasteiger partial charge in [-0.25, -0.2) is 0 Å². The van der Waals surface area contributed by atoms with Crippen molar-refractivity contribution in [3.8, 4) is 0 Å². The standard InChI is InChI=1S/C12H16BrNO/c1-9-4-5-11(13)8-12(9)14(3)7-6-10(2)15/h4-5,8H,6-7H2,1-3H3. The molecule has 0 unspecified atom stereocenters. The van der Waals surface area contributed by atoms with Crippen LogP contribution in [0.3, 0.4) is 0 Å². The molecule has 15 heavy (non-hydrogen) atoms. The summed E-state index contributed by atoms with van der Waals surface area (Å²) in [5.41, 5.74) is 2.40. The Morgan fingerprint density at radius 3 is 2.73 bits per heavy atom. The Morgan fingerprint density at radius 2 is 2.13 bits per heavy atom. The van der Waals surface area contributed by atoms with E-state index in [1.807, 2.05) is 13.1 Å². The minimum absolute atomic E-state index is 0.231. The van der Waals surface area contributed by atoms with Gasteiger partial charge in [-0.05, 0) is 31.5 Å². The van der Waals surface area contributed by atoms with Crippen LogP contribution in [0.4, 0.5) is 5.69 Å². The molecule has 0 fully saturated rings. The highest BCUT2D eigenvalue weighted by atomic mass is 79.9. The second-order valence-electron chi connectivity index (χ2n) is 3.80. The predicted molar refractivity (Wildman–Crippen MR) is 67.4 cm³/mol. The second-order valence-corrected chi connectivity index (χ2v) is 4.72. The van der Waals surface area contributed by atoms with Crippen LogP contribution in [0.2, 0.25) is 0 Å². The van der Waals surface area contributed by atoms with Gasteiger partial charge in [0.15, 0.2) is 0 Å². The average Bonchev–Trinajstić information content (AvgIpc) is 2.18. The fourth-order valence-corrected chi connectivity index (χ4v) is 1.79. The molecule has 0 bridgehead atoms. The summed E-state index contributed by atoms with van der Waals surface area (Å²) in [6.45, 7) is 4.47. The number of aryl methyl sites for hydroxylation is 1. The molecule has 1 rings (SSSR count). The summed E-state index contributed by atoms with van der Waals surface area (Å²) >= 11 is 3.45. The van der Waals surface area contributed by atoms with Gasteiger partial charge in [-0.2, -0.15) is 0 Å². The van der Waals surface area contributed by atoms with Crippen molar-refractivity contribution in [3.05, 3.63) is 28.2 Å². The Morgan fingerprint density at radius 1 is 1.47 bits per heavy atom. The monoisotopic (exact) mass is 269 g/mol. The van der Waals surface area contributed by atoms with Crippen LogP contribution in [0.5, 0.6) is 0 Å². The van der Waals surface area contributed by atoms with E-state index in [4.69, 9.17) is 0 Å². The molecule has 0 radical (unpaired) electrons. The van der Waals surface area contributed by atoms with Crippen molar-refractivity contribution in [2.24, 2.45) is 0 Å². The first kappa shape index (κ1) is 12.2. The zero-order valence-corrected chi connectivity index (χ0v) is 11.0. The van der Waals surface area contributed by atoms with Crippen molar-refractivity contribution in [2.45, 2.75) is 20.3 Å². The minimum atomic E-state index is 0.231. The lowest BCUT2D eigenvalue weighted by Gasteiger charge is -2.21. The van der Waals surface area contributed by atoms with E-state index in [9.17, 15) is 4.79 Å². The highest BCUT2D eigenvalue weighted by Gasteiger charge is 2.05. The lowest BCUT2D eigenvalue weighted by atomic mass is 10.2. The number of anilines is 1. The lowest BCUT2D eigenvalue weighted by Crippen LogP contribution is -2.21. The lowest BCUT2D eigenvalue weighted by molar-refractivity contribution is -0.116. The largest absolute Gasteiger partial charge is 0.374 e. The average molecular weight is 270 g/mol. The number of carbonyl (C=O) groups excluding carboxylic acids is 1. The van der Waals surface area contributed by atoms with Crippen LogP contribution in [0.15, 0.2) is 22.7 Å². The third kappa shape index (κ3) is 3.67. The number of carbonyl (C=O) groups is 1. The molecular formula is C12H16BrNO. The maximum absolute atomic E-state index is 10.9. The summed E-state index contributed by atoms with van der Waals surface area (Å²) in [4.78, 5) is 13.0. The van der Waals surface area contributed by atoms with Crippen LogP contribution < -0.4 is 4.90 Å². The Hall–Kier alpha value is -0.830. The van der Waals surface area contributed by atoms with Crippen LogP contribution >= 0.6 is 15.9 Å².